The highest BCUT2D eigenvalue weighted by molar-refractivity contribution is 7.80. The van der Waals surface area contributed by atoms with E-state index in [4.69, 9.17) is 4.84 Å². The second-order valence-electron chi connectivity index (χ2n) is 6.03. The number of carbonyl (C=O) groups excluding carboxylic acids is 3. The van der Waals surface area contributed by atoms with Crippen LogP contribution in [-0.4, -0.2) is 64.6 Å². The van der Waals surface area contributed by atoms with Crippen LogP contribution in [0.4, 0.5) is 0 Å². The lowest BCUT2D eigenvalue weighted by atomic mass is 9.87. The summed E-state index contributed by atoms with van der Waals surface area (Å²) in [5, 5.41) is 22.7. The third-order valence-electron chi connectivity index (χ3n) is 3.27. The molecular formula is C15H28N2O6S. The first kappa shape index (κ1) is 22.7. The number of hydrogen-bond acceptors (Lipinski definition) is 7. The molecule has 0 aromatic rings. The van der Waals surface area contributed by atoms with Gasteiger partial charge in [-0.1, -0.05) is 20.8 Å². The lowest BCUT2D eigenvalue weighted by Gasteiger charge is -2.31. The topological polar surface area (TPSA) is 116 Å². The predicted molar refractivity (Wildman–Crippen MR) is 91.1 cm³/mol. The summed E-state index contributed by atoms with van der Waals surface area (Å²) >= 11 is 3.97. The number of nitrogens with one attached hydrogen (secondary N) is 1. The van der Waals surface area contributed by atoms with E-state index in [1.54, 1.807) is 6.92 Å². The number of aliphatic hydroxyl groups is 2. The lowest BCUT2D eigenvalue weighted by molar-refractivity contribution is -0.207. The Labute approximate surface area is 147 Å². The average molecular weight is 368 g/mol. The van der Waals surface area contributed by atoms with E-state index in [1.165, 1.54) is 13.8 Å². The molecule has 0 fully saturated rings. The molecule has 3 N–H and O–H groups in total. The number of aliphatic hydroxyl groups excluding tert-OH is 2. The summed E-state index contributed by atoms with van der Waals surface area (Å²) in [4.78, 5) is 40.6. The van der Waals surface area contributed by atoms with Crippen molar-refractivity contribution in [3.05, 3.63) is 0 Å². The maximum absolute atomic E-state index is 12.4. The summed E-state index contributed by atoms with van der Waals surface area (Å²) in [5.41, 5.74) is -1.11. The molecule has 0 aromatic heterocycles. The molecule has 0 bridgehead atoms. The van der Waals surface area contributed by atoms with Crippen molar-refractivity contribution in [2.75, 3.05) is 25.4 Å². The number of carbonyl (C=O) groups is 3. The van der Waals surface area contributed by atoms with Crippen molar-refractivity contribution in [3.63, 3.8) is 0 Å². The lowest BCUT2D eigenvalue weighted by Crippen LogP contribution is -2.49. The molecule has 1 atom stereocenters. The Morgan fingerprint density at radius 1 is 1.29 bits per heavy atom. The van der Waals surface area contributed by atoms with Gasteiger partial charge in [-0.15, -0.1) is 0 Å². The van der Waals surface area contributed by atoms with Crippen LogP contribution in [0.1, 0.15) is 40.0 Å². The number of hydroxylamine groups is 2. The molecule has 2 amide bonds. The van der Waals surface area contributed by atoms with Gasteiger partial charge in [-0.3, -0.25) is 9.59 Å². The Kier molecular flexibility index (Phi) is 10.7. The first-order valence-corrected chi connectivity index (χ1v) is 8.51. The number of amides is 2. The molecule has 0 unspecified atom stereocenters. The molecule has 0 aliphatic heterocycles. The Bertz CT molecular complexity index is 430. The Hall–Kier alpha value is -1.32. The van der Waals surface area contributed by atoms with Gasteiger partial charge in [0.1, 0.15) is 6.10 Å². The zero-order chi connectivity index (χ0) is 18.8. The van der Waals surface area contributed by atoms with E-state index in [9.17, 15) is 24.6 Å². The summed E-state index contributed by atoms with van der Waals surface area (Å²) in [6, 6.07) is 0. The molecule has 24 heavy (non-hydrogen) atoms. The summed E-state index contributed by atoms with van der Waals surface area (Å²) in [7, 11) is 0. The monoisotopic (exact) mass is 368 g/mol. The van der Waals surface area contributed by atoms with Crippen LogP contribution in [0.3, 0.4) is 0 Å². The van der Waals surface area contributed by atoms with Crippen molar-refractivity contribution >= 4 is 30.4 Å². The van der Waals surface area contributed by atoms with Crippen LogP contribution in [0.5, 0.6) is 0 Å². The van der Waals surface area contributed by atoms with Crippen molar-refractivity contribution in [2.45, 2.75) is 46.1 Å². The third kappa shape index (κ3) is 7.98. The van der Waals surface area contributed by atoms with Crippen LogP contribution in [-0.2, 0) is 19.2 Å². The third-order valence-corrected chi connectivity index (χ3v) is 3.49. The summed E-state index contributed by atoms with van der Waals surface area (Å²) in [5.74, 6) is -1.36. The largest absolute Gasteiger partial charge is 0.396 e. The maximum atomic E-state index is 12.4. The van der Waals surface area contributed by atoms with E-state index < -0.39 is 30.0 Å². The van der Waals surface area contributed by atoms with E-state index >= 15 is 0 Å². The highest BCUT2D eigenvalue weighted by atomic mass is 32.1. The fourth-order valence-corrected chi connectivity index (χ4v) is 1.73. The minimum absolute atomic E-state index is 0.0921. The summed E-state index contributed by atoms with van der Waals surface area (Å²) in [6.07, 6.45) is -1.02. The fraction of sp³-hybridized carbons (Fsp3) is 0.800. The van der Waals surface area contributed by atoms with E-state index in [0.29, 0.717) is 23.8 Å². The zero-order valence-electron chi connectivity index (χ0n) is 14.4. The van der Waals surface area contributed by atoms with Crippen LogP contribution < -0.4 is 5.32 Å². The Morgan fingerprint density at radius 2 is 1.92 bits per heavy atom. The maximum Gasteiger partial charge on any atom is 0.332 e. The van der Waals surface area contributed by atoms with Crippen molar-refractivity contribution in [3.8, 4) is 0 Å². The van der Waals surface area contributed by atoms with Crippen LogP contribution in [0.25, 0.3) is 0 Å². The van der Waals surface area contributed by atoms with Gasteiger partial charge in [0.25, 0.3) is 5.91 Å². The molecule has 9 heteroatoms. The van der Waals surface area contributed by atoms with Gasteiger partial charge in [0.15, 0.2) is 0 Å². The SMILES string of the molecule is CC(C)(CO)[C@@H](O)C(=O)N(CCC(=O)NCCS)O[13C](=O)[13CH2][13CH2][13CH3]. The van der Waals surface area contributed by atoms with Gasteiger partial charge < -0.3 is 20.4 Å². The minimum atomic E-state index is -1.57. The highest BCUT2D eigenvalue weighted by Gasteiger charge is 2.37. The van der Waals surface area contributed by atoms with E-state index in [-0.39, 0.29) is 25.3 Å². The van der Waals surface area contributed by atoms with Gasteiger partial charge in [0.05, 0.1) is 13.2 Å². The van der Waals surface area contributed by atoms with Gasteiger partial charge in [-0.25, -0.2) is 4.79 Å². The van der Waals surface area contributed by atoms with Crippen molar-refractivity contribution in [2.24, 2.45) is 5.41 Å². The fourth-order valence-electron chi connectivity index (χ4n) is 1.62. The second kappa shape index (κ2) is 11.3. The number of hydrogen-bond donors (Lipinski definition) is 4. The molecule has 0 aliphatic carbocycles. The minimum Gasteiger partial charge on any atom is -0.396 e. The molecule has 0 spiro atoms. The van der Waals surface area contributed by atoms with E-state index in [1.807, 2.05) is 0 Å². The van der Waals surface area contributed by atoms with Crippen molar-refractivity contribution in [1.29, 1.82) is 0 Å². The van der Waals surface area contributed by atoms with Crippen LogP contribution in [0, 0.1) is 5.41 Å². The predicted octanol–water partition coefficient (Wildman–Crippen LogP) is -0.111. The molecule has 0 aromatic carbocycles. The van der Waals surface area contributed by atoms with Crippen LogP contribution >= 0.6 is 12.6 Å². The summed E-state index contributed by atoms with van der Waals surface area (Å²) < 4.78 is 0. The first-order valence-electron chi connectivity index (χ1n) is 7.88. The molecule has 0 saturated heterocycles. The van der Waals surface area contributed by atoms with Gasteiger partial charge >= 0.3 is 5.97 Å². The van der Waals surface area contributed by atoms with Gasteiger partial charge in [0, 0.05) is 30.6 Å². The standard InChI is InChI=1S/C15H28N2O6S/c1-4-5-12(20)23-17(8-6-11(19)16-7-9-24)14(22)13(21)15(2,3)10-18/h13,18,21,24H,4-10H2,1-3H3,(H,16,19)/t13-/m0/s1/i1+1,4+1,5+1,12+1. The van der Waals surface area contributed by atoms with E-state index in [0.717, 1.165) is 0 Å². The van der Waals surface area contributed by atoms with Gasteiger partial charge in [0.2, 0.25) is 5.91 Å². The Morgan fingerprint density at radius 3 is 2.42 bits per heavy atom. The smallest absolute Gasteiger partial charge is 0.332 e. The second-order valence-corrected chi connectivity index (χ2v) is 6.47. The molecule has 0 heterocycles. The van der Waals surface area contributed by atoms with Crippen molar-refractivity contribution < 1.29 is 29.4 Å². The average Bonchev–Trinajstić information content (AvgIpc) is 2.55. The molecule has 0 saturated carbocycles. The molecule has 140 valence electrons. The first-order chi connectivity index (χ1) is 11.2. The van der Waals surface area contributed by atoms with Crippen molar-refractivity contribution in [1.82, 2.24) is 10.4 Å². The van der Waals surface area contributed by atoms with E-state index in [2.05, 4.69) is 17.9 Å². The molecule has 0 rings (SSSR count). The van der Waals surface area contributed by atoms with Crippen LogP contribution in [0.2, 0.25) is 0 Å². The van der Waals surface area contributed by atoms with Gasteiger partial charge in [-0.2, -0.15) is 17.7 Å². The molecular weight excluding hydrogens is 340 g/mol. The molecule has 0 aliphatic rings. The van der Waals surface area contributed by atoms with Crippen LogP contribution in [0.15, 0.2) is 0 Å². The number of nitrogens with zero attached hydrogens (tertiary/aromatic N) is 1. The summed E-state index contributed by atoms with van der Waals surface area (Å²) in [6.45, 7) is 4.54. The zero-order valence-corrected chi connectivity index (χ0v) is 15.3. The number of thiol groups is 1. The Balaban J connectivity index is 4.94. The molecule has 8 nitrogen and oxygen atoms in total. The quantitative estimate of drug-likeness (QED) is 0.243. The highest BCUT2D eigenvalue weighted by Crippen LogP contribution is 2.21. The van der Waals surface area contributed by atoms with Gasteiger partial charge in [-0.05, 0) is 6.42 Å². The molecule has 0 radical (unpaired) electrons. The normalized spacial score (nSPS) is 12.4. The number of rotatable bonds is 10.